The van der Waals surface area contributed by atoms with E-state index in [0.717, 1.165) is 5.56 Å². The first-order valence-electron chi connectivity index (χ1n) is 8.56. The van der Waals surface area contributed by atoms with Gasteiger partial charge in [-0.05, 0) is 50.5 Å². The molecule has 1 saturated heterocycles. The Morgan fingerprint density at radius 2 is 2.04 bits per heavy atom. The van der Waals surface area contributed by atoms with Crippen molar-refractivity contribution in [2.75, 3.05) is 19.7 Å². The fourth-order valence-corrected chi connectivity index (χ4v) is 3.05. The number of aryl methyl sites for hydroxylation is 1. The number of piperidine rings is 1. The normalized spacial score (nSPS) is 16.5. The lowest BCUT2D eigenvalue weighted by molar-refractivity contribution is -0.0244. The van der Waals surface area contributed by atoms with E-state index in [1.165, 1.54) is 0 Å². The van der Waals surface area contributed by atoms with Crippen molar-refractivity contribution < 1.29 is 14.6 Å². The van der Waals surface area contributed by atoms with Gasteiger partial charge in [0.25, 0.3) is 5.91 Å². The van der Waals surface area contributed by atoms with E-state index in [2.05, 4.69) is 9.97 Å². The summed E-state index contributed by atoms with van der Waals surface area (Å²) in [7, 11) is 0. The van der Waals surface area contributed by atoms with Crippen LogP contribution in [-0.4, -0.2) is 45.6 Å². The van der Waals surface area contributed by atoms with E-state index in [9.17, 15) is 9.90 Å². The summed E-state index contributed by atoms with van der Waals surface area (Å²) in [5.74, 6) is 0.242. The molecule has 2 aromatic heterocycles. The lowest BCUT2D eigenvalue weighted by atomic mass is 9.87. The van der Waals surface area contributed by atoms with Gasteiger partial charge in [-0.1, -0.05) is 6.07 Å². The van der Waals surface area contributed by atoms with Gasteiger partial charge in [-0.2, -0.15) is 0 Å². The average molecular weight is 341 g/mol. The smallest absolute Gasteiger partial charge is 0.259 e. The minimum absolute atomic E-state index is 0.115. The molecule has 0 saturated carbocycles. The average Bonchev–Trinajstić information content (AvgIpc) is 2.63. The standard InChI is InChI=1S/C19H23N3O3/c1-3-25-17-15(5-4-10-20-17)18(23)22-11-8-19(24,9-12-22)16-7-6-14(2)13-21-16/h4-7,10,13,24H,3,8-9,11-12H2,1-2H3. The van der Waals surface area contributed by atoms with Crippen molar-refractivity contribution >= 4 is 5.91 Å². The van der Waals surface area contributed by atoms with Crippen LogP contribution in [0.1, 0.15) is 41.4 Å². The molecule has 25 heavy (non-hydrogen) atoms. The molecule has 1 amide bonds. The molecule has 1 aliphatic rings. The largest absolute Gasteiger partial charge is 0.477 e. The first-order chi connectivity index (χ1) is 12.0. The summed E-state index contributed by atoms with van der Waals surface area (Å²) >= 11 is 0. The highest BCUT2D eigenvalue weighted by atomic mass is 16.5. The summed E-state index contributed by atoms with van der Waals surface area (Å²) in [6, 6.07) is 7.26. The number of carbonyl (C=O) groups is 1. The third-order valence-corrected chi connectivity index (χ3v) is 4.55. The van der Waals surface area contributed by atoms with Gasteiger partial charge in [-0.3, -0.25) is 9.78 Å². The number of aliphatic hydroxyl groups is 1. The van der Waals surface area contributed by atoms with E-state index in [1.54, 1.807) is 29.4 Å². The van der Waals surface area contributed by atoms with Crippen molar-refractivity contribution in [3.8, 4) is 5.88 Å². The molecule has 1 N–H and O–H groups in total. The molecule has 0 spiro atoms. The quantitative estimate of drug-likeness (QED) is 0.923. The van der Waals surface area contributed by atoms with E-state index in [4.69, 9.17) is 4.74 Å². The summed E-state index contributed by atoms with van der Waals surface area (Å²) < 4.78 is 5.45. The molecule has 0 aliphatic carbocycles. The minimum Gasteiger partial charge on any atom is -0.477 e. The van der Waals surface area contributed by atoms with Gasteiger partial charge in [-0.15, -0.1) is 0 Å². The molecule has 1 aliphatic heterocycles. The van der Waals surface area contributed by atoms with Crippen LogP contribution in [0.3, 0.4) is 0 Å². The Hall–Kier alpha value is -2.47. The minimum atomic E-state index is -0.984. The maximum absolute atomic E-state index is 12.8. The van der Waals surface area contributed by atoms with Crippen molar-refractivity contribution in [3.05, 3.63) is 53.5 Å². The molecule has 3 heterocycles. The molecule has 3 rings (SSSR count). The Morgan fingerprint density at radius 3 is 2.68 bits per heavy atom. The zero-order chi connectivity index (χ0) is 17.9. The molecule has 0 unspecified atom stereocenters. The molecule has 6 nitrogen and oxygen atoms in total. The summed E-state index contributed by atoms with van der Waals surface area (Å²) in [5.41, 5.74) is 1.20. The first-order valence-corrected chi connectivity index (χ1v) is 8.56. The zero-order valence-electron chi connectivity index (χ0n) is 14.6. The lowest BCUT2D eigenvalue weighted by Gasteiger charge is -2.37. The SMILES string of the molecule is CCOc1ncccc1C(=O)N1CCC(O)(c2ccc(C)cn2)CC1. The summed E-state index contributed by atoms with van der Waals surface area (Å²) in [6.07, 6.45) is 4.28. The number of rotatable bonds is 4. The van der Waals surface area contributed by atoms with E-state index >= 15 is 0 Å². The van der Waals surface area contributed by atoms with E-state index in [0.29, 0.717) is 49.7 Å². The Labute approximate surface area is 147 Å². The van der Waals surface area contributed by atoms with Crippen LogP contribution in [0.15, 0.2) is 36.7 Å². The highest BCUT2D eigenvalue weighted by Gasteiger charge is 2.37. The molecule has 0 bridgehead atoms. The van der Waals surface area contributed by atoms with Crippen LogP contribution in [-0.2, 0) is 5.60 Å². The van der Waals surface area contributed by atoms with Crippen LogP contribution in [0, 0.1) is 6.92 Å². The molecule has 0 radical (unpaired) electrons. The number of ether oxygens (including phenoxy) is 1. The Bertz CT molecular complexity index is 738. The fraction of sp³-hybridized carbons (Fsp3) is 0.421. The second-order valence-electron chi connectivity index (χ2n) is 6.33. The first kappa shape index (κ1) is 17.4. The number of hydrogen-bond acceptors (Lipinski definition) is 5. The van der Waals surface area contributed by atoms with E-state index in [-0.39, 0.29) is 5.91 Å². The third kappa shape index (κ3) is 3.64. The molecule has 0 atom stereocenters. The Morgan fingerprint density at radius 1 is 1.28 bits per heavy atom. The molecule has 6 heteroatoms. The van der Waals surface area contributed by atoms with Gasteiger partial charge in [0.2, 0.25) is 5.88 Å². The van der Waals surface area contributed by atoms with Crippen LogP contribution in [0.2, 0.25) is 0 Å². The maximum atomic E-state index is 12.8. The number of likely N-dealkylation sites (tertiary alicyclic amines) is 1. The van der Waals surface area contributed by atoms with Gasteiger partial charge in [0.05, 0.1) is 12.3 Å². The van der Waals surface area contributed by atoms with Crippen molar-refractivity contribution in [1.82, 2.24) is 14.9 Å². The monoisotopic (exact) mass is 341 g/mol. The van der Waals surface area contributed by atoms with Crippen LogP contribution in [0.25, 0.3) is 0 Å². The molecule has 1 fully saturated rings. The van der Waals surface area contributed by atoms with Gasteiger partial charge in [0.15, 0.2) is 0 Å². The fourth-order valence-electron chi connectivity index (χ4n) is 3.05. The highest BCUT2D eigenvalue weighted by Crippen LogP contribution is 2.32. The predicted molar refractivity (Wildman–Crippen MR) is 93.4 cm³/mol. The lowest BCUT2D eigenvalue weighted by Crippen LogP contribution is -2.45. The second kappa shape index (κ2) is 7.19. The summed E-state index contributed by atoms with van der Waals surface area (Å²) in [5, 5.41) is 10.9. The number of nitrogens with zero attached hydrogens (tertiary/aromatic N) is 3. The number of hydrogen-bond donors (Lipinski definition) is 1. The second-order valence-corrected chi connectivity index (χ2v) is 6.33. The summed E-state index contributed by atoms with van der Waals surface area (Å²) in [4.78, 5) is 23.0. The highest BCUT2D eigenvalue weighted by molar-refractivity contribution is 5.96. The van der Waals surface area contributed by atoms with Gasteiger partial charge in [-0.25, -0.2) is 4.98 Å². The van der Waals surface area contributed by atoms with E-state index in [1.807, 2.05) is 26.0 Å². The van der Waals surface area contributed by atoms with E-state index < -0.39 is 5.60 Å². The van der Waals surface area contributed by atoms with Crippen LogP contribution >= 0.6 is 0 Å². The number of aromatic nitrogens is 2. The number of pyridine rings is 2. The van der Waals surface area contributed by atoms with Gasteiger partial charge < -0.3 is 14.7 Å². The van der Waals surface area contributed by atoms with Crippen molar-refractivity contribution in [2.24, 2.45) is 0 Å². The van der Waals surface area contributed by atoms with Crippen molar-refractivity contribution in [1.29, 1.82) is 0 Å². The Balaban J connectivity index is 1.72. The molecular formula is C19H23N3O3. The van der Waals surface area contributed by atoms with Crippen molar-refractivity contribution in [2.45, 2.75) is 32.3 Å². The van der Waals surface area contributed by atoms with Crippen LogP contribution in [0.5, 0.6) is 5.88 Å². The van der Waals surface area contributed by atoms with Crippen molar-refractivity contribution in [3.63, 3.8) is 0 Å². The molecular weight excluding hydrogens is 318 g/mol. The van der Waals surface area contributed by atoms with Gasteiger partial charge >= 0.3 is 0 Å². The number of amides is 1. The zero-order valence-corrected chi connectivity index (χ0v) is 14.6. The molecule has 0 aromatic carbocycles. The van der Waals surface area contributed by atoms with Crippen LogP contribution < -0.4 is 4.74 Å². The Kier molecular flexibility index (Phi) is 4.99. The van der Waals surface area contributed by atoms with Gasteiger partial charge in [0, 0.05) is 25.5 Å². The van der Waals surface area contributed by atoms with Crippen LogP contribution in [0.4, 0.5) is 0 Å². The predicted octanol–water partition coefficient (Wildman–Crippen LogP) is 2.31. The molecule has 2 aromatic rings. The topological polar surface area (TPSA) is 75.5 Å². The van der Waals surface area contributed by atoms with Gasteiger partial charge in [0.1, 0.15) is 11.2 Å². The maximum Gasteiger partial charge on any atom is 0.259 e. The third-order valence-electron chi connectivity index (χ3n) is 4.55. The number of carbonyl (C=O) groups excluding carboxylic acids is 1. The summed E-state index contributed by atoms with van der Waals surface area (Å²) in [6.45, 7) is 5.21. The molecule has 132 valence electrons.